The molecule has 0 atom stereocenters. The number of rotatable bonds is 7. The van der Waals surface area contributed by atoms with Crippen LogP contribution in [0.3, 0.4) is 0 Å². The summed E-state index contributed by atoms with van der Waals surface area (Å²) in [5, 5.41) is 5.83. The summed E-state index contributed by atoms with van der Waals surface area (Å²) in [6.07, 6.45) is 0.633. The molecular formula is C22H23N3O3S. The number of nitrogens with one attached hydrogen (secondary N) is 1. The number of aromatic nitrogens is 2. The molecular weight excluding hydrogens is 386 g/mol. The van der Waals surface area contributed by atoms with Crippen LogP contribution in [0.5, 0.6) is 0 Å². The fraction of sp³-hybridized carbons (Fsp3) is 0.273. The molecule has 0 unspecified atom stereocenters. The third-order valence-corrected chi connectivity index (χ3v) is 5.27. The Morgan fingerprint density at radius 2 is 1.83 bits per heavy atom. The summed E-state index contributed by atoms with van der Waals surface area (Å²) < 4.78 is 4.98. The lowest BCUT2D eigenvalue weighted by molar-refractivity contribution is 0.0524. The second kappa shape index (κ2) is 9.43. The van der Waals surface area contributed by atoms with E-state index in [1.165, 1.54) is 11.6 Å². The number of carbonyl (C=O) groups is 2. The lowest BCUT2D eigenvalue weighted by Crippen LogP contribution is -2.27. The van der Waals surface area contributed by atoms with Crippen LogP contribution in [0.15, 0.2) is 41.8 Å². The summed E-state index contributed by atoms with van der Waals surface area (Å²) in [4.78, 5) is 33.0. The van der Waals surface area contributed by atoms with E-state index in [9.17, 15) is 9.59 Å². The Hall–Kier alpha value is -3.06. The number of carbonyl (C=O) groups excluding carboxylic acids is 2. The summed E-state index contributed by atoms with van der Waals surface area (Å²) in [5.41, 5.74) is 4.36. The number of hydrogen-bond acceptors (Lipinski definition) is 6. The van der Waals surface area contributed by atoms with Crippen molar-refractivity contribution in [3.63, 3.8) is 0 Å². The summed E-state index contributed by atoms with van der Waals surface area (Å²) >= 11 is 1.59. The Bertz CT molecular complexity index is 1010. The maximum Gasteiger partial charge on any atom is 0.339 e. The lowest BCUT2D eigenvalue weighted by atomic mass is 10.2. The molecule has 0 aliphatic rings. The van der Waals surface area contributed by atoms with Gasteiger partial charge in [0, 0.05) is 23.9 Å². The number of esters is 1. The van der Waals surface area contributed by atoms with Gasteiger partial charge in [0.1, 0.15) is 10.7 Å². The van der Waals surface area contributed by atoms with Crippen molar-refractivity contribution in [1.29, 1.82) is 0 Å². The average Bonchev–Trinajstić information content (AvgIpc) is 3.17. The Morgan fingerprint density at radius 3 is 2.52 bits per heavy atom. The van der Waals surface area contributed by atoms with Crippen molar-refractivity contribution in [2.75, 3.05) is 13.2 Å². The van der Waals surface area contributed by atoms with Crippen molar-refractivity contribution in [3.05, 3.63) is 70.0 Å². The summed E-state index contributed by atoms with van der Waals surface area (Å²) in [5.74, 6) is -0.713. The molecule has 0 spiro atoms. The second-order valence-electron chi connectivity index (χ2n) is 6.57. The third-order valence-electron chi connectivity index (χ3n) is 4.33. The Morgan fingerprint density at radius 1 is 1.07 bits per heavy atom. The van der Waals surface area contributed by atoms with Crippen LogP contribution in [0.2, 0.25) is 0 Å². The predicted molar refractivity (Wildman–Crippen MR) is 113 cm³/mol. The highest BCUT2D eigenvalue weighted by atomic mass is 32.1. The van der Waals surface area contributed by atoms with Gasteiger partial charge in [-0.25, -0.2) is 14.8 Å². The number of benzene rings is 1. The van der Waals surface area contributed by atoms with Crippen molar-refractivity contribution in [3.8, 4) is 10.6 Å². The monoisotopic (exact) mass is 409 g/mol. The summed E-state index contributed by atoms with van der Waals surface area (Å²) in [7, 11) is 0. The minimum absolute atomic E-state index is 0.272. The molecule has 1 aromatic carbocycles. The first kappa shape index (κ1) is 20.7. The van der Waals surface area contributed by atoms with E-state index in [-0.39, 0.29) is 11.6 Å². The predicted octanol–water partition coefficient (Wildman–Crippen LogP) is 3.97. The van der Waals surface area contributed by atoms with Gasteiger partial charge in [0.15, 0.2) is 0 Å². The van der Waals surface area contributed by atoms with Crippen LogP contribution in [0, 0.1) is 13.8 Å². The molecule has 7 heteroatoms. The van der Waals surface area contributed by atoms with Gasteiger partial charge >= 0.3 is 5.97 Å². The van der Waals surface area contributed by atoms with E-state index in [2.05, 4.69) is 46.5 Å². The second-order valence-corrected chi connectivity index (χ2v) is 7.42. The highest BCUT2D eigenvalue weighted by Crippen LogP contribution is 2.24. The van der Waals surface area contributed by atoms with E-state index in [0.29, 0.717) is 30.8 Å². The van der Waals surface area contributed by atoms with Crippen molar-refractivity contribution in [2.24, 2.45) is 0 Å². The van der Waals surface area contributed by atoms with Crippen LogP contribution in [-0.2, 0) is 11.2 Å². The van der Waals surface area contributed by atoms with Gasteiger partial charge in [0.25, 0.3) is 5.91 Å². The third kappa shape index (κ3) is 5.26. The molecule has 0 aliphatic heterocycles. The number of thiazole rings is 1. The zero-order valence-electron chi connectivity index (χ0n) is 16.7. The minimum Gasteiger partial charge on any atom is -0.462 e. The quantitative estimate of drug-likeness (QED) is 0.597. The van der Waals surface area contributed by atoms with Crippen LogP contribution in [-0.4, -0.2) is 35.0 Å². The molecule has 0 fully saturated rings. The maximum atomic E-state index is 12.3. The number of hydrogen-bond donors (Lipinski definition) is 1. The van der Waals surface area contributed by atoms with Gasteiger partial charge in [-0.15, -0.1) is 11.3 Å². The largest absolute Gasteiger partial charge is 0.462 e. The molecule has 3 aromatic rings. The normalized spacial score (nSPS) is 10.6. The molecule has 1 amide bonds. The number of amides is 1. The SMILES string of the molecule is CCOC(=O)c1ccc(C(=O)NCCc2csc(-c3ccc(C)cc3)n2)nc1C. The van der Waals surface area contributed by atoms with Crippen LogP contribution in [0.25, 0.3) is 10.6 Å². The molecule has 0 aliphatic carbocycles. The molecule has 3 rings (SSSR count). The van der Waals surface area contributed by atoms with E-state index in [0.717, 1.165) is 16.3 Å². The van der Waals surface area contributed by atoms with Gasteiger partial charge in [-0.05, 0) is 32.9 Å². The Balaban J connectivity index is 1.55. The van der Waals surface area contributed by atoms with Gasteiger partial charge in [-0.3, -0.25) is 4.79 Å². The fourth-order valence-electron chi connectivity index (χ4n) is 2.76. The Kier molecular flexibility index (Phi) is 6.72. The molecule has 0 radical (unpaired) electrons. The number of nitrogens with zero attached hydrogens (tertiary/aromatic N) is 2. The molecule has 29 heavy (non-hydrogen) atoms. The first-order chi connectivity index (χ1) is 14.0. The zero-order chi connectivity index (χ0) is 20.8. The smallest absolute Gasteiger partial charge is 0.339 e. The van der Waals surface area contributed by atoms with E-state index in [1.807, 2.05) is 5.38 Å². The van der Waals surface area contributed by atoms with Crippen molar-refractivity contribution >= 4 is 23.2 Å². The summed E-state index contributed by atoms with van der Waals surface area (Å²) in [6, 6.07) is 11.4. The Labute approximate surface area is 174 Å². The molecule has 0 saturated heterocycles. The van der Waals surface area contributed by atoms with Crippen molar-refractivity contribution in [1.82, 2.24) is 15.3 Å². The van der Waals surface area contributed by atoms with E-state index in [4.69, 9.17) is 4.74 Å². The highest BCUT2D eigenvalue weighted by Gasteiger charge is 2.14. The van der Waals surface area contributed by atoms with E-state index in [1.54, 1.807) is 31.3 Å². The molecule has 150 valence electrons. The zero-order valence-corrected chi connectivity index (χ0v) is 17.5. The first-order valence-corrected chi connectivity index (χ1v) is 10.3. The standard InChI is InChI=1S/C22H23N3O3S/c1-4-28-22(27)18-9-10-19(24-15(18)3)20(26)23-12-11-17-13-29-21(25-17)16-7-5-14(2)6-8-16/h5-10,13H,4,11-12H2,1-3H3,(H,23,26). The van der Waals surface area contributed by atoms with Crippen LogP contribution >= 0.6 is 11.3 Å². The average molecular weight is 410 g/mol. The van der Waals surface area contributed by atoms with Crippen molar-refractivity contribution in [2.45, 2.75) is 27.2 Å². The minimum atomic E-state index is -0.433. The lowest BCUT2D eigenvalue weighted by Gasteiger charge is -2.07. The van der Waals surface area contributed by atoms with Gasteiger partial charge in [-0.1, -0.05) is 29.8 Å². The van der Waals surface area contributed by atoms with E-state index >= 15 is 0 Å². The number of aryl methyl sites for hydroxylation is 2. The molecule has 2 aromatic heterocycles. The molecule has 1 N–H and O–H groups in total. The maximum absolute atomic E-state index is 12.3. The van der Waals surface area contributed by atoms with Crippen LogP contribution < -0.4 is 5.32 Å². The topological polar surface area (TPSA) is 81.2 Å². The molecule has 6 nitrogen and oxygen atoms in total. The molecule has 0 saturated carbocycles. The highest BCUT2D eigenvalue weighted by molar-refractivity contribution is 7.13. The van der Waals surface area contributed by atoms with E-state index < -0.39 is 5.97 Å². The molecule has 2 heterocycles. The van der Waals surface area contributed by atoms with Gasteiger partial charge in [-0.2, -0.15) is 0 Å². The first-order valence-electron chi connectivity index (χ1n) is 9.42. The van der Waals surface area contributed by atoms with Gasteiger partial charge < -0.3 is 10.1 Å². The van der Waals surface area contributed by atoms with Crippen LogP contribution in [0.1, 0.15) is 44.7 Å². The van der Waals surface area contributed by atoms with Gasteiger partial charge in [0.05, 0.1) is 23.6 Å². The number of ether oxygens (including phenoxy) is 1. The van der Waals surface area contributed by atoms with Gasteiger partial charge in [0.2, 0.25) is 0 Å². The fourth-order valence-corrected chi connectivity index (χ4v) is 3.62. The summed E-state index contributed by atoms with van der Waals surface area (Å²) in [6.45, 7) is 6.24. The van der Waals surface area contributed by atoms with Crippen LogP contribution in [0.4, 0.5) is 0 Å². The van der Waals surface area contributed by atoms with Crippen molar-refractivity contribution < 1.29 is 14.3 Å². The number of pyridine rings is 1. The molecule has 0 bridgehead atoms.